The van der Waals surface area contributed by atoms with Crippen LogP contribution < -0.4 is 15.6 Å². The minimum absolute atomic E-state index is 0.0921. The van der Waals surface area contributed by atoms with Crippen molar-refractivity contribution >= 4 is 29.0 Å². The molecule has 0 radical (unpaired) electrons. The Morgan fingerprint density at radius 3 is 2.74 bits per heavy atom. The van der Waals surface area contributed by atoms with E-state index in [0.29, 0.717) is 28.5 Å². The maximum Gasteiger partial charge on any atom is 0.258 e. The van der Waals surface area contributed by atoms with Gasteiger partial charge in [-0.1, -0.05) is 30.3 Å². The van der Waals surface area contributed by atoms with Crippen molar-refractivity contribution in [1.82, 2.24) is 9.38 Å². The lowest BCUT2D eigenvalue weighted by atomic mass is 10.3. The number of thioether (sulfide) groups is 1. The number of ether oxygens (including phenoxy) is 1. The first-order chi connectivity index (χ1) is 15.1. The minimum atomic E-state index is -0.149. The van der Waals surface area contributed by atoms with Gasteiger partial charge in [-0.05, 0) is 42.8 Å². The highest BCUT2D eigenvalue weighted by Gasteiger charge is 2.07. The number of benzene rings is 2. The van der Waals surface area contributed by atoms with Crippen molar-refractivity contribution in [3.8, 4) is 5.75 Å². The van der Waals surface area contributed by atoms with Crippen molar-refractivity contribution in [2.45, 2.75) is 18.4 Å². The van der Waals surface area contributed by atoms with Crippen LogP contribution in [-0.2, 0) is 11.4 Å². The van der Waals surface area contributed by atoms with E-state index in [-0.39, 0.29) is 18.1 Å². The Labute approximate surface area is 183 Å². The summed E-state index contributed by atoms with van der Waals surface area (Å²) in [6.45, 7) is 2.08. The van der Waals surface area contributed by atoms with Gasteiger partial charge in [-0.2, -0.15) is 0 Å². The summed E-state index contributed by atoms with van der Waals surface area (Å²) in [6.07, 6.45) is 1.76. The average molecular weight is 432 g/mol. The minimum Gasteiger partial charge on any atom is -0.487 e. The zero-order valence-corrected chi connectivity index (χ0v) is 17.8. The number of hydrogen-bond acceptors (Lipinski definition) is 5. The van der Waals surface area contributed by atoms with Crippen molar-refractivity contribution in [3.05, 3.63) is 101 Å². The van der Waals surface area contributed by atoms with Crippen molar-refractivity contribution < 1.29 is 9.53 Å². The monoisotopic (exact) mass is 431 g/mol. The Hall–Kier alpha value is -3.58. The fourth-order valence-electron chi connectivity index (χ4n) is 3.02. The summed E-state index contributed by atoms with van der Waals surface area (Å²) >= 11 is 1.48. The van der Waals surface area contributed by atoms with Crippen molar-refractivity contribution in [3.63, 3.8) is 0 Å². The number of pyridine rings is 1. The summed E-state index contributed by atoms with van der Waals surface area (Å²) in [5, 5.41) is 2.88. The molecule has 31 heavy (non-hydrogen) atoms. The van der Waals surface area contributed by atoms with Crippen LogP contribution in [0.15, 0.2) is 88.7 Å². The quantitative estimate of drug-likeness (QED) is 0.442. The second-order valence-corrected chi connectivity index (χ2v) is 8.04. The predicted molar refractivity (Wildman–Crippen MR) is 123 cm³/mol. The number of aryl methyl sites for hydroxylation is 1. The normalized spacial score (nSPS) is 10.7. The summed E-state index contributed by atoms with van der Waals surface area (Å²) in [4.78, 5) is 30.1. The largest absolute Gasteiger partial charge is 0.487 e. The van der Waals surface area contributed by atoms with E-state index in [9.17, 15) is 9.59 Å². The van der Waals surface area contributed by atoms with Gasteiger partial charge in [-0.25, -0.2) is 4.98 Å². The molecule has 0 bridgehead atoms. The lowest BCUT2D eigenvalue weighted by molar-refractivity contribution is -0.113. The molecule has 0 aliphatic rings. The molecule has 2 aromatic carbocycles. The summed E-state index contributed by atoms with van der Waals surface area (Å²) in [5.74, 6) is 0.810. The number of aromatic nitrogens is 2. The van der Waals surface area contributed by atoms with Crippen LogP contribution in [0.25, 0.3) is 5.65 Å². The number of amides is 1. The fourth-order valence-corrected chi connectivity index (χ4v) is 3.74. The molecule has 2 heterocycles. The molecule has 156 valence electrons. The van der Waals surface area contributed by atoms with E-state index in [4.69, 9.17) is 4.74 Å². The van der Waals surface area contributed by atoms with Crippen LogP contribution >= 0.6 is 11.8 Å². The molecule has 4 rings (SSSR count). The first kappa shape index (κ1) is 20.7. The Morgan fingerprint density at radius 1 is 1.06 bits per heavy atom. The van der Waals surface area contributed by atoms with E-state index in [2.05, 4.69) is 10.3 Å². The van der Waals surface area contributed by atoms with Gasteiger partial charge in [0.05, 0.1) is 11.4 Å². The van der Waals surface area contributed by atoms with Crippen LogP contribution in [0.5, 0.6) is 5.75 Å². The van der Waals surface area contributed by atoms with Crippen molar-refractivity contribution in [2.24, 2.45) is 0 Å². The second-order valence-electron chi connectivity index (χ2n) is 6.99. The molecule has 2 aromatic heterocycles. The molecule has 7 heteroatoms. The molecule has 1 N–H and O–H groups in total. The Morgan fingerprint density at radius 2 is 1.90 bits per heavy atom. The van der Waals surface area contributed by atoms with E-state index in [0.717, 1.165) is 10.5 Å². The van der Waals surface area contributed by atoms with Crippen molar-refractivity contribution in [1.29, 1.82) is 0 Å². The third-order valence-corrected chi connectivity index (χ3v) is 5.49. The molecule has 0 saturated carbocycles. The zero-order valence-electron chi connectivity index (χ0n) is 16.9. The number of anilines is 1. The van der Waals surface area contributed by atoms with Crippen LogP contribution in [0.3, 0.4) is 0 Å². The Balaban J connectivity index is 1.37. The molecular formula is C24H21N3O3S. The predicted octanol–water partition coefficient (Wildman–Crippen LogP) is 4.31. The molecule has 0 fully saturated rings. The molecule has 0 unspecified atom stereocenters. The van der Waals surface area contributed by atoms with Gasteiger partial charge in [0.1, 0.15) is 18.0 Å². The number of nitrogens with zero attached hydrogens (tertiary/aromatic N) is 2. The number of carbonyl (C=O) groups excluding carboxylic acids is 1. The highest BCUT2D eigenvalue weighted by Crippen LogP contribution is 2.20. The second kappa shape index (κ2) is 9.49. The van der Waals surface area contributed by atoms with E-state index >= 15 is 0 Å². The van der Waals surface area contributed by atoms with Gasteiger partial charge < -0.3 is 10.1 Å². The Kier molecular flexibility index (Phi) is 6.33. The maximum absolute atomic E-state index is 12.3. The van der Waals surface area contributed by atoms with Gasteiger partial charge in [-0.15, -0.1) is 11.8 Å². The summed E-state index contributed by atoms with van der Waals surface area (Å²) in [5.41, 5.74) is 2.61. The molecule has 4 aromatic rings. The van der Waals surface area contributed by atoms with Gasteiger partial charge in [0, 0.05) is 28.9 Å². The maximum atomic E-state index is 12.3. The molecule has 1 amide bonds. The fraction of sp³-hybridized carbons (Fsp3) is 0.125. The van der Waals surface area contributed by atoms with Crippen LogP contribution in [0, 0.1) is 6.92 Å². The number of carbonyl (C=O) groups is 1. The smallest absolute Gasteiger partial charge is 0.258 e. The van der Waals surface area contributed by atoms with Crippen molar-refractivity contribution in [2.75, 3.05) is 11.1 Å². The summed E-state index contributed by atoms with van der Waals surface area (Å²) < 4.78 is 7.32. The summed E-state index contributed by atoms with van der Waals surface area (Å²) in [7, 11) is 0. The number of fused-ring (bicyclic) bond motifs is 1. The van der Waals surface area contributed by atoms with E-state index < -0.39 is 0 Å². The summed E-state index contributed by atoms with van der Waals surface area (Å²) in [6, 6.07) is 22.1. The van der Waals surface area contributed by atoms with Gasteiger partial charge in [0.15, 0.2) is 0 Å². The molecule has 0 atom stereocenters. The van der Waals surface area contributed by atoms with Crippen LogP contribution in [0.4, 0.5) is 5.69 Å². The Bertz CT molecular complexity index is 1270. The van der Waals surface area contributed by atoms with Crippen LogP contribution in [0.2, 0.25) is 0 Å². The third kappa shape index (κ3) is 5.52. The molecule has 0 aliphatic carbocycles. The first-order valence-electron chi connectivity index (χ1n) is 9.76. The molecule has 0 saturated heterocycles. The molecule has 0 spiro atoms. The average Bonchev–Trinajstić information content (AvgIpc) is 2.78. The molecular weight excluding hydrogens is 410 g/mol. The lowest BCUT2D eigenvalue weighted by Crippen LogP contribution is -2.16. The number of nitrogens with one attached hydrogen (secondary N) is 1. The van der Waals surface area contributed by atoms with Gasteiger partial charge >= 0.3 is 0 Å². The third-order valence-electron chi connectivity index (χ3n) is 4.48. The van der Waals surface area contributed by atoms with E-state index in [1.807, 2.05) is 49.4 Å². The molecule has 0 aliphatic heterocycles. The van der Waals surface area contributed by atoms with Gasteiger partial charge in [-0.3, -0.25) is 14.0 Å². The highest BCUT2D eigenvalue weighted by atomic mass is 32.2. The van der Waals surface area contributed by atoms with Crippen LogP contribution in [0.1, 0.15) is 11.3 Å². The van der Waals surface area contributed by atoms with Gasteiger partial charge in [0.2, 0.25) is 5.91 Å². The highest BCUT2D eigenvalue weighted by molar-refractivity contribution is 8.00. The molecule has 6 nitrogen and oxygen atoms in total. The SMILES string of the molecule is Cc1ccc2nc(COc3cccc(NC(=O)CSc4ccccc4)c3)cc(=O)n2c1. The van der Waals surface area contributed by atoms with Crippen LogP contribution in [-0.4, -0.2) is 21.0 Å². The number of hydrogen-bond donors (Lipinski definition) is 1. The number of rotatable bonds is 7. The van der Waals surface area contributed by atoms with E-state index in [1.54, 1.807) is 30.5 Å². The van der Waals surface area contributed by atoms with E-state index in [1.165, 1.54) is 22.2 Å². The zero-order chi connectivity index (χ0) is 21.6. The van der Waals surface area contributed by atoms with Gasteiger partial charge in [0.25, 0.3) is 5.56 Å². The lowest BCUT2D eigenvalue weighted by Gasteiger charge is -2.10. The first-order valence-corrected chi connectivity index (χ1v) is 10.7. The topological polar surface area (TPSA) is 72.7 Å². The standard InChI is InChI=1S/C24H21N3O3S/c1-17-10-11-22-25-19(13-24(29)27(22)14-17)15-30-20-7-5-6-18(12-20)26-23(28)16-31-21-8-3-2-4-9-21/h2-14H,15-16H2,1H3,(H,26,28).